The van der Waals surface area contributed by atoms with Crippen molar-refractivity contribution < 1.29 is 19.7 Å². The molecule has 3 heterocycles. The molecule has 10 nitrogen and oxygen atoms in total. The van der Waals surface area contributed by atoms with Gasteiger partial charge < -0.3 is 30.7 Å². The third-order valence-corrected chi connectivity index (χ3v) is 6.16. The van der Waals surface area contributed by atoms with Crippen LogP contribution in [0.4, 0.5) is 11.8 Å². The van der Waals surface area contributed by atoms with E-state index in [4.69, 9.17) is 15.2 Å². The highest BCUT2D eigenvalue weighted by molar-refractivity contribution is 5.85. The van der Waals surface area contributed by atoms with Crippen LogP contribution in [-0.4, -0.2) is 54.1 Å². The number of ether oxygens (including phenoxy) is 2. The predicted octanol–water partition coefficient (Wildman–Crippen LogP) is 1.98. The first-order valence-electron chi connectivity index (χ1n) is 11.0. The molecule has 5 rings (SSSR count). The summed E-state index contributed by atoms with van der Waals surface area (Å²) in [6.45, 7) is 2.22. The normalized spacial score (nSPS) is 26.1. The minimum absolute atomic E-state index is 0.0679. The number of aromatic nitrogens is 4. The molecule has 2 fully saturated rings. The van der Waals surface area contributed by atoms with Crippen LogP contribution >= 0.6 is 0 Å². The van der Waals surface area contributed by atoms with Gasteiger partial charge in [0, 0.05) is 6.54 Å². The molecule has 2 aliphatic rings. The largest absolute Gasteiger partial charge is 0.460 e. The first kappa shape index (κ1) is 20.9. The van der Waals surface area contributed by atoms with Gasteiger partial charge in [-0.25, -0.2) is 4.98 Å². The average Bonchev–Trinajstić information content (AvgIpc) is 3.48. The average molecular weight is 441 g/mol. The molecule has 0 radical (unpaired) electrons. The van der Waals surface area contributed by atoms with Crippen molar-refractivity contribution in [1.82, 2.24) is 19.5 Å². The zero-order valence-corrected chi connectivity index (χ0v) is 17.9. The van der Waals surface area contributed by atoms with Crippen LogP contribution in [0.15, 0.2) is 30.3 Å². The minimum atomic E-state index is -1.17. The second-order valence-corrected chi connectivity index (χ2v) is 8.44. The van der Waals surface area contributed by atoms with Gasteiger partial charge in [-0.15, -0.1) is 0 Å². The van der Waals surface area contributed by atoms with Gasteiger partial charge in [0.1, 0.15) is 18.3 Å². The Labute approximate surface area is 185 Å². The number of rotatable bonds is 6. The molecule has 4 atom stereocenters. The van der Waals surface area contributed by atoms with E-state index in [1.54, 1.807) is 6.92 Å². The summed E-state index contributed by atoms with van der Waals surface area (Å²) in [7, 11) is 0. The molecular formula is C22H28N6O4. The number of aliphatic hydroxyl groups excluding tert-OH is 2. The summed E-state index contributed by atoms with van der Waals surface area (Å²) < 4.78 is 13.4. The summed E-state index contributed by atoms with van der Waals surface area (Å²) in [6.07, 6.45) is 0.554. The fourth-order valence-electron chi connectivity index (χ4n) is 4.38. The molecule has 3 aromatic rings. The van der Waals surface area contributed by atoms with Gasteiger partial charge in [-0.2, -0.15) is 9.97 Å². The van der Waals surface area contributed by atoms with Crippen molar-refractivity contribution >= 4 is 22.9 Å². The second-order valence-electron chi connectivity index (χ2n) is 8.44. The fraction of sp³-hybridized carbons (Fsp3) is 0.500. The van der Waals surface area contributed by atoms with Crippen LogP contribution in [0.3, 0.4) is 0 Å². The predicted molar refractivity (Wildman–Crippen MR) is 118 cm³/mol. The molecule has 10 heteroatoms. The van der Waals surface area contributed by atoms with E-state index < -0.39 is 24.5 Å². The van der Waals surface area contributed by atoms with Crippen LogP contribution in [0.5, 0.6) is 6.01 Å². The Bertz CT molecular complexity index is 1080. The van der Waals surface area contributed by atoms with E-state index in [1.807, 2.05) is 30.3 Å². The number of nitrogen functional groups attached to an aromatic ring is 1. The zero-order chi connectivity index (χ0) is 22.2. The summed E-state index contributed by atoms with van der Waals surface area (Å²) in [5.74, 6) is 0.596. The Hall–Kier alpha value is -2.95. The number of nitrogens with one attached hydrogen (secondary N) is 1. The zero-order valence-electron chi connectivity index (χ0n) is 17.9. The quantitative estimate of drug-likeness (QED) is 0.453. The van der Waals surface area contributed by atoms with Crippen LogP contribution in [-0.2, 0) is 11.3 Å². The highest BCUT2D eigenvalue weighted by Crippen LogP contribution is 2.36. The third-order valence-electron chi connectivity index (χ3n) is 6.16. The topological polar surface area (TPSA) is 141 Å². The minimum Gasteiger partial charge on any atom is -0.460 e. The number of hydrogen-bond donors (Lipinski definition) is 4. The number of anilines is 2. The monoisotopic (exact) mass is 440 g/mol. The number of nitrogens with zero attached hydrogens (tertiary/aromatic N) is 4. The molecule has 0 bridgehead atoms. The van der Waals surface area contributed by atoms with Gasteiger partial charge in [-0.1, -0.05) is 30.3 Å². The number of aliphatic hydroxyl groups is 2. The maximum atomic E-state index is 10.5. The molecule has 0 amide bonds. The van der Waals surface area contributed by atoms with Crippen molar-refractivity contribution in [2.24, 2.45) is 0 Å². The molecule has 1 aliphatic carbocycles. The van der Waals surface area contributed by atoms with E-state index in [-0.39, 0.29) is 18.1 Å². The third kappa shape index (κ3) is 3.85. The van der Waals surface area contributed by atoms with Crippen LogP contribution in [0.2, 0.25) is 0 Å². The van der Waals surface area contributed by atoms with Crippen LogP contribution < -0.4 is 15.8 Å². The van der Waals surface area contributed by atoms with Gasteiger partial charge in [0.25, 0.3) is 0 Å². The molecule has 0 unspecified atom stereocenters. The Balaban J connectivity index is 1.55. The van der Waals surface area contributed by atoms with Gasteiger partial charge in [-0.3, -0.25) is 4.57 Å². The number of hydrogen-bond acceptors (Lipinski definition) is 9. The summed E-state index contributed by atoms with van der Waals surface area (Å²) in [5, 5.41) is 24.0. The van der Waals surface area contributed by atoms with E-state index >= 15 is 0 Å². The second kappa shape index (κ2) is 8.53. The van der Waals surface area contributed by atoms with Gasteiger partial charge in [0.2, 0.25) is 5.95 Å². The van der Waals surface area contributed by atoms with E-state index in [2.05, 4.69) is 20.3 Å². The van der Waals surface area contributed by atoms with E-state index in [1.165, 1.54) is 4.57 Å². The highest BCUT2D eigenvalue weighted by atomic mass is 16.6. The molecule has 1 saturated heterocycles. The van der Waals surface area contributed by atoms with E-state index in [0.29, 0.717) is 23.5 Å². The molecule has 1 aromatic carbocycles. The van der Waals surface area contributed by atoms with E-state index in [0.717, 1.165) is 31.2 Å². The van der Waals surface area contributed by atoms with Crippen molar-refractivity contribution in [3.8, 4) is 6.01 Å². The lowest BCUT2D eigenvalue weighted by Gasteiger charge is -2.18. The van der Waals surface area contributed by atoms with Crippen LogP contribution in [0, 0.1) is 0 Å². The number of nitrogens with two attached hydrogens (primary N) is 1. The summed E-state index contributed by atoms with van der Waals surface area (Å²) in [6, 6.07) is 10.2. The van der Waals surface area contributed by atoms with Crippen molar-refractivity contribution in [1.29, 1.82) is 0 Å². The smallest absolute Gasteiger partial charge is 0.320 e. The van der Waals surface area contributed by atoms with Crippen LogP contribution in [0.25, 0.3) is 11.2 Å². The van der Waals surface area contributed by atoms with E-state index in [9.17, 15) is 10.2 Å². The lowest BCUT2D eigenvalue weighted by atomic mass is 10.1. The molecular weight excluding hydrogens is 412 g/mol. The number of fused-ring (bicyclic) bond motifs is 1. The molecule has 32 heavy (non-hydrogen) atoms. The van der Waals surface area contributed by atoms with Crippen LogP contribution in [0.1, 0.15) is 44.4 Å². The fourth-order valence-corrected chi connectivity index (χ4v) is 4.38. The van der Waals surface area contributed by atoms with Crippen molar-refractivity contribution in [2.45, 2.75) is 69.8 Å². The Morgan fingerprint density at radius 1 is 1.12 bits per heavy atom. The molecule has 1 saturated carbocycles. The molecule has 2 aromatic heterocycles. The first-order chi connectivity index (χ1) is 15.5. The Morgan fingerprint density at radius 3 is 2.56 bits per heavy atom. The van der Waals surface area contributed by atoms with Crippen molar-refractivity contribution in [3.63, 3.8) is 0 Å². The molecule has 170 valence electrons. The Morgan fingerprint density at radius 2 is 1.88 bits per heavy atom. The number of benzene rings is 1. The standard InChI is InChI=1S/C22H28N6O4/c1-12-16(29)17(30)20(31-12)28-19-15(25-21(28)23)18(24-11-13-7-3-2-4-8-13)26-22(27-19)32-14-9-5-6-10-14/h2-4,7-8,12,14,16-17,20,29-30H,5-6,9-11H2,1H3,(H2,23,25)(H,24,26,27)/t12-,16-,17-,20-/m1/s1. The lowest BCUT2D eigenvalue weighted by molar-refractivity contribution is -0.0286. The molecule has 0 spiro atoms. The van der Waals surface area contributed by atoms with Gasteiger partial charge in [0.15, 0.2) is 23.2 Å². The maximum Gasteiger partial charge on any atom is 0.320 e. The SMILES string of the molecule is C[C@H]1O[C@@H](n2c(N)nc3c(NCc4ccccc4)nc(OC4CCCC4)nc32)[C@H](O)[C@@H]1O. The lowest BCUT2D eigenvalue weighted by Crippen LogP contribution is -2.30. The molecule has 5 N–H and O–H groups in total. The van der Waals surface area contributed by atoms with Crippen molar-refractivity contribution in [2.75, 3.05) is 11.1 Å². The summed E-state index contributed by atoms with van der Waals surface area (Å²) in [4.78, 5) is 13.6. The Kier molecular flexibility index (Phi) is 5.58. The van der Waals surface area contributed by atoms with Crippen molar-refractivity contribution in [3.05, 3.63) is 35.9 Å². The summed E-state index contributed by atoms with van der Waals surface area (Å²) >= 11 is 0. The number of imidazole rings is 1. The highest BCUT2D eigenvalue weighted by Gasteiger charge is 2.43. The summed E-state index contributed by atoms with van der Waals surface area (Å²) in [5.41, 5.74) is 8.13. The molecule has 1 aliphatic heterocycles. The first-order valence-corrected chi connectivity index (χ1v) is 11.0. The van der Waals surface area contributed by atoms with Gasteiger partial charge >= 0.3 is 6.01 Å². The maximum absolute atomic E-state index is 10.5. The van der Waals surface area contributed by atoms with Gasteiger partial charge in [-0.05, 0) is 38.2 Å². The van der Waals surface area contributed by atoms with Gasteiger partial charge in [0.05, 0.1) is 6.10 Å².